The number of nitrogens with one attached hydrogen (secondary N) is 2. The zero-order valence-corrected chi connectivity index (χ0v) is 15.4. The van der Waals surface area contributed by atoms with Gasteiger partial charge in [-0.05, 0) is 36.0 Å². The Labute approximate surface area is 162 Å². The van der Waals surface area contributed by atoms with E-state index in [-0.39, 0.29) is 12.0 Å². The van der Waals surface area contributed by atoms with Crippen molar-refractivity contribution in [2.45, 2.75) is 38.3 Å². The van der Waals surface area contributed by atoms with Gasteiger partial charge in [-0.15, -0.1) is 0 Å². The lowest BCUT2D eigenvalue weighted by atomic mass is 9.79. The fourth-order valence-corrected chi connectivity index (χ4v) is 3.74. The predicted molar refractivity (Wildman–Crippen MR) is 104 cm³/mol. The minimum atomic E-state index is -0.861. The molecular weight excluding hydrogens is 364 g/mol. The van der Waals surface area contributed by atoms with Crippen molar-refractivity contribution in [2.24, 2.45) is 5.92 Å². The Morgan fingerprint density at radius 3 is 3.04 bits per heavy atom. The van der Waals surface area contributed by atoms with Gasteiger partial charge in [-0.3, -0.25) is 0 Å². The fourth-order valence-electron chi connectivity index (χ4n) is 3.60. The molecule has 138 valence electrons. The smallest absolute Gasteiger partial charge is 0.423 e. The molecule has 7 nitrogen and oxygen atoms in total. The Bertz CT molecular complexity index is 891. The molecule has 1 fully saturated rings. The lowest BCUT2D eigenvalue weighted by Gasteiger charge is -2.28. The SMILES string of the molecule is N#C[C@H]1CCCCC1Nc1nc(Nc2ccc3c(c2)COB3O)ncc1Cl. The van der Waals surface area contributed by atoms with Crippen LogP contribution >= 0.6 is 11.6 Å². The number of anilines is 3. The molecular formula is C18H19BClN5O2. The van der Waals surface area contributed by atoms with Crippen LogP contribution in [0.1, 0.15) is 31.2 Å². The molecule has 0 amide bonds. The first-order valence-electron chi connectivity index (χ1n) is 9.02. The van der Waals surface area contributed by atoms with Gasteiger partial charge in [-0.2, -0.15) is 10.2 Å². The van der Waals surface area contributed by atoms with Crippen molar-refractivity contribution in [3.05, 3.63) is 35.0 Å². The van der Waals surface area contributed by atoms with Crippen LogP contribution in [0.2, 0.25) is 5.02 Å². The number of nitrogens with zero attached hydrogens (tertiary/aromatic N) is 3. The number of hydrogen-bond donors (Lipinski definition) is 3. The first-order chi connectivity index (χ1) is 13.1. The Morgan fingerprint density at radius 2 is 2.19 bits per heavy atom. The number of hydrogen-bond acceptors (Lipinski definition) is 7. The predicted octanol–water partition coefficient (Wildman–Crippen LogP) is 2.59. The summed E-state index contributed by atoms with van der Waals surface area (Å²) in [6.45, 7) is 0.373. The zero-order chi connectivity index (χ0) is 18.8. The minimum Gasteiger partial charge on any atom is -0.423 e. The molecule has 2 aromatic rings. The van der Waals surface area contributed by atoms with Gasteiger partial charge < -0.3 is 20.3 Å². The van der Waals surface area contributed by atoms with E-state index < -0.39 is 7.12 Å². The summed E-state index contributed by atoms with van der Waals surface area (Å²) in [5.41, 5.74) is 2.51. The third-order valence-corrected chi connectivity index (χ3v) is 5.34. The molecule has 0 bridgehead atoms. The van der Waals surface area contributed by atoms with Gasteiger partial charge in [0, 0.05) is 11.7 Å². The third kappa shape index (κ3) is 3.86. The van der Waals surface area contributed by atoms with Crippen molar-refractivity contribution in [3.8, 4) is 6.07 Å². The summed E-state index contributed by atoms with van der Waals surface area (Å²) in [5.74, 6) is 0.899. The fraction of sp³-hybridized carbons (Fsp3) is 0.389. The van der Waals surface area contributed by atoms with Gasteiger partial charge in [0.2, 0.25) is 5.95 Å². The number of rotatable bonds is 4. The quantitative estimate of drug-likeness (QED) is 0.697. The van der Waals surface area contributed by atoms with Crippen molar-refractivity contribution in [2.75, 3.05) is 10.6 Å². The van der Waals surface area contributed by atoms with E-state index in [0.29, 0.717) is 23.4 Å². The van der Waals surface area contributed by atoms with Gasteiger partial charge in [0.25, 0.3) is 0 Å². The van der Waals surface area contributed by atoms with Crippen molar-refractivity contribution in [1.82, 2.24) is 9.97 Å². The van der Waals surface area contributed by atoms with Gasteiger partial charge in [0.1, 0.15) is 5.02 Å². The van der Waals surface area contributed by atoms with Crippen LogP contribution in [0.5, 0.6) is 0 Å². The van der Waals surface area contributed by atoms with Crippen LogP contribution in [0.15, 0.2) is 24.4 Å². The molecule has 0 spiro atoms. The van der Waals surface area contributed by atoms with Gasteiger partial charge in [-0.25, -0.2) is 4.98 Å². The largest absolute Gasteiger partial charge is 0.491 e. The molecule has 0 saturated heterocycles. The monoisotopic (exact) mass is 383 g/mol. The molecule has 2 atom stereocenters. The van der Waals surface area contributed by atoms with Gasteiger partial charge in [0.05, 0.1) is 24.8 Å². The highest BCUT2D eigenvalue weighted by molar-refractivity contribution is 6.61. The van der Waals surface area contributed by atoms with Crippen molar-refractivity contribution in [3.63, 3.8) is 0 Å². The van der Waals surface area contributed by atoms with E-state index >= 15 is 0 Å². The molecule has 2 heterocycles. The summed E-state index contributed by atoms with van der Waals surface area (Å²) in [6, 6.07) is 7.99. The minimum absolute atomic E-state index is 0.0377. The topological polar surface area (TPSA) is 103 Å². The second-order valence-electron chi connectivity index (χ2n) is 6.86. The summed E-state index contributed by atoms with van der Waals surface area (Å²) in [5, 5.41) is 26.0. The number of nitriles is 1. The van der Waals surface area contributed by atoms with Crippen molar-refractivity contribution in [1.29, 1.82) is 5.26 Å². The highest BCUT2D eigenvalue weighted by Crippen LogP contribution is 2.29. The van der Waals surface area contributed by atoms with E-state index in [1.54, 1.807) is 6.20 Å². The molecule has 0 radical (unpaired) electrons. The zero-order valence-electron chi connectivity index (χ0n) is 14.7. The first-order valence-corrected chi connectivity index (χ1v) is 9.40. The molecule has 3 N–H and O–H groups in total. The molecule has 1 aliphatic heterocycles. The first kappa shape index (κ1) is 18.0. The molecule has 27 heavy (non-hydrogen) atoms. The summed E-state index contributed by atoms with van der Waals surface area (Å²) < 4.78 is 5.21. The number of benzene rings is 1. The van der Waals surface area contributed by atoms with Crippen LogP contribution in [0.4, 0.5) is 17.5 Å². The van der Waals surface area contributed by atoms with Crippen LogP contribution in [-0.2, 0) is 11.3 Å². The van der Waals surface area contributed by atoms with Crippen LogP contribution in [0, 0.1) is 17.2 Å². The highest BCUT2D eigenvalue weighted by Gasteiger charge is 2.27. The van der Waals surface area contributed by atoms with Crippen LogP contribution in [-0.4, -0.2) is 28.2 Å². The van der Waals surface area contributed by atoms with Crippen LogP contribution < -0.4 is 16.1 Å². The number of aromatic nitrogens is 2. The van der Waals surface area contributed by atoms with E-state index in [4.69, 9.17) is 16.3 Å². The van der Waals surface area contributed by atoms with Gasteiger partial charge in [-0.1, -0.05) is 30.5 Å². The van der Waals surface area contributed by atoms with E-state index in [2.05, 4.69) is 26.7 Å². The highest BCUT2D eigenvalue weighted by atomic mass is 35.5. The second kappa shape index (κ2) is 7.73. The summed E-state index contributed by atoms with van der Waals surface area (Å²) in [6.07, 6.45) is 5.54. The summed E-state index contributed by atoms with van der Waals surface area (Å²) >= 11 is 6.26. The molecule has 1 aliphatic carbocycles. The maximum absolute atomic E-state index is 9.71. The molecule has 1 saturated carbocycles. The standard InChI is InChI=1S/C18H19BClN5O2/c20-15-9-22-18(23-13-5-6-14-12(7-13)10-27-19(14)26)25-17(15)24-16-4-2-1-3-11(16)8-21/h5-7,9,11,16,26H,1-4,10H2,(H2,22,23,24,25)/t11-,16?/m1/s1. The second-order valence-corrected chi connectivity index (χ2v) is 7.27. The molecule has 1 unspecified atom stereocenters. The Kier molecular flexibility index (Phi) is 5.16. The average Bonchev–Trinajstić information content (AvgIpc) is 3.05. The molecule has 1 aromatic carbocycles. The number of halogens is 1. The summed E-state index contributed by atoms with van der Waals surface area (Å²) in [7, 11) is -0.861. The lowest BCUT2D eigenvalue weighted by molar-refractivity contribution is 0.275. The Hall–Kier alpha value is -2.34. The Balaban J connectivity index is 1.51. The normalized spacial score (nSPS) is 21.4. The van der Waals surface area contributed by atoms with E-state index in [0.717, 1.165) is 42.4 Å². The van der Waals surface area contributed by atoms with E-state index in [1.165, 1.54) is 0 Å². The van der Waals surface area contributed by atoms with Gasteiger partial charge >= 0.3 is 7.12 Å². The van der Waals surface area contributed by atoms with Crippen LogP contribution in [0.3, 0.4) is 0 Å². The van der Waals surface area contributed by atoms with Gasteiger partial charge in [0.15, 0.2) is 5.82 Å². The molecule has 2 aliphatic rings. The van der Waals surface area contributed by atoms with Crippen molar-refractivity contribution < 1.29 is 9.68 Å². The molecule has 4 rings (SSSR count). The summed E-state index contributed by atoms with van der Waals surface area (Å²) in [4.78, 5) is 8.72. The van der Waals surface area contributed by atoms with Crippen LogP contribution in [0.25, 0.3) is 0 Å². The molecule has 9 heteroatoms. The maximum Gasteiger partial charge on any atom is 0.491 e. The number of fused-ring (bicyclic) bond motifs is 1. The van der Waals surface area contributed by atoms with E-state index in [9.17, 15) is 10.3 Å². The van der Waals surface area contributed by atoms with E-state index in [1.807, 2.05) is 18.2 Å². The third-order valence-electron chi connectivity index (χ3n) is 5.06. The van der Waals surface area contributed by atoms with Crippen molar-refractivity contribution >= 4 is 41.6 Å². The Morgan fingerprint density at radius 1 is 1.33 bits per heavy atom. The molecule has 1 aromatic heterocycles. The lowest BCUT2D eigenvalue weighted by Crippen LogP contribution is -2.31. The average molecular weight is 384 g/mol. The maximum atomic E-state index is 9.71.